The number of carbonyl (C=O) groups excluding carboxylic acids is 1. The Bertz CT molecular complexity index is 618. The van der Waals surface area contributed by atoms with Crippen molar-refractivity contribution in [3.05, 3.63) is 71.8 Å². The molecule has 132 valence electrons. The van der Waals surface area contributed by atoms with E-state index < -0.39 is 5.97 Å². The number of hydrogen-bond acceptors (Lipinski definition) is 3. The third-order valence-electron chi connectivity index (χ3n) is 3.75. The molecule has 0 fully saturated rings. The molecule has 25 heavy (non-hydrogen) atoms. The molecule has 5 nitrogen and oxygen atoms in total. The Hall–Kier alpha value is -2.66. The van der Waals surface area contributed by atoms with Crippen LogP contribution in [0, 0.1) is 0 Å². The van der Waals surface area contributed by atoms with E-state index in [4.69, 9.17) is 5.11 Å². The molecular formula is C20H24N2O3. The van der Waals surface area contributed by atoms with Crippen LogP contribution in [0.25, 0.3) is 0 Å². The number of carboxylic acid groups (broad SMARTS) is 1. The first-order valence-electron chi connectivity index (χ1n) is 8.42. The first kappa shape index (κ1) is 18.7. The van der Waals surface area contributed by atoms with Crippen molar-refractivity contribution in [3.8, 4) is 0 Å². The van der Waals surface area contributed by atoms with E-state index >= 15 is 0 Å². The summed E-state index contributed by atoms with van der Waals surface area (Å²) in [6.07, 6.45) is 0.510. The molecule has 1 amide bonds. The minimum absolute atomic E-state index is 0.0675. The summed E-state index contributed by atoms with van der Waals surface area (Å²) in [5, 5.41) is 11.4. The average Bonchev–Trinajstić information content (AvgIpc) is 2.60. The van der Waals surface area contributed by atoms with Gasteiger partial charge in [0.1, 0.15) is 0 Å². The van der Waals surface area contributed by atoms with Gasteiger partial charge in [0.2, 0.25) is 5.91 Å². The molecule has 2 aromatic rings. The molecule has 0 heterocycles. The Morgan fingerprint density at radius 1 is 0.880 bits per heavy atom. The van der Waals surface area contributed by atoms with Crippen LogP contribution in [0.4, 0.5) is 0 Å². The van der Waals surface area contributed by atoms with Crippen LogP contribution in [0.3, 0.4) is 0 Å². The van der Waals surface area contributed by atoms with Crippen molar-refractivity contribution in [2.24, 2.45) is 0 Å². The van der Waals surface area contributed by atoms with Crippen LogP contribution in [0.15, 0.2) is 60.7 Å². The van der Waals surface area contributed by atoms with Gasteiger partial charge in [-0.25, -0.2) is 0 Å². The van der Waals surface area contributed by atoms with E-state index in [0.717, 1.165) is 11.1 Å². The summed E-state index contributed by atoms with van der Waals surface area (Å²) >= 11 is 0. The Labute approximate surface area is 148 Å². The number of aliphatic carboxylic acids is 1. The van der Waals surface area contributed by atoms with E-state index in [2.05, 4.69) is 10.2 Å². The second-order valence-electron chi connectivity index (χ2n) is 5.96. The van der Waals surface area contributed by atoms with E-state index in [1.54, 1.807) is 0 Å². The average molecular weight is 340 g/mol. The van der Waals surface area contributed by atoms with E-state index in [9.17, 15) is 9.59 Å². The summed E-state index contributed by atoms with van der Waals surface area (Å²) in [5.74, 6) is -0.929. The fourth-order valence-electron chi connectivity index (χ4n) is 2.58. The second-order valence-corrected chi connectivity index (χ2v) is 5.96. The van der Waals surface area contributed by atoms with Gasteiger partial charge in [-0.15, -0.1) is 0 Å². The van der Waals surface area contributed by atoms with Crippen LogP contribution < -0.4 is 5.32 Å². The number of carbonyl (C=O) groups is 2. The highest BCUT2D eigenvalue weighted by molar-refractivity contribution is 5.78. The number of nitrogens with one attached hydrogen (secondary N) is 1. The molecule has 0 unspecified atom stereocenters. The van der Waals surface area contributed by atoms with Crippen LogP contribution in [0.5, 0.6) is 0 Å². The van der Waals surface area contributed by atoms with Crippen LogP contribution >= 0.6 is 0 Å². The van der Waals surface area contributed by atoms with Crippen LogP contribution in [-0.4, -0.2) is 35.0 Å². The highest BCUT2D eigenvalue weighted by Crippen LogP contribution is 2.09. The molecule has 0 aliphatic rings. The molecule has 2 rings (SSSR count). The van der Waals surface area contributed by atoms with Gasteiger partial charge in [0.25, 0.3) is 0 Å². The number of hydrogen-bond donors (Lipinski definition) is 2. The summed E-state index contributed by atoms with van der Waals surface area (Å²) in [6.45, 7) is 2.02. The summed E-state index contributed by atoms with van der Waals surface area (Å²) in [7, 11) is 0. The van der Waals surface area contributed by atoms with Gasteiger partial charge in [-0.3, -0.25) is 14.5 Å². The molecule has 0 bridgehead atoms. The van der Waals surface area contributed by atoms with Gasteiger partial charge in [0, 0.05) is 26.1 Å². The summed E-state index contributed by atoms with van der Waals surface area (Å²) in [4.78, 5) is 24.8. The van der Waals surface area contributed by atoms with Crippen molar-refractivity contribution in [2.45, 2.75) is 25.9 Å². The number of amides is 1. The molecule has 0 radical (unpaired) electrons. The van der Waals surface area contributed by atoms with Crippen molar-refractivity contribution in [3.63, 3.8) is 0 Å². The smallest absolute Gasteiger partial charge is 0.303 e. The third kappa shape index (κ3) is 7.63. The Morgan fingerprint density at radius 2 is 1.40 bits per heavy atom. The standard InChI is InChI=1S/C20H24N2O3/c23-19(21-13-7-12-20(24)25)16-22(14-17-8-3-1-4-9-17)15-18-10-5-2-6-11-18/h1-6,8-11H,7,12-16H2,(H,21,23)(H,24,25). The number of carboxylic acids is 1. The van der Waals surface area contributed by atoms with Gasteiger partial charge in [0.15, 0.2) is 0 Å². The molecule has 0 aliphatic carbocycles. The molecule has 0 saturated heterocycles. The molecule has 2 aromatic carbocycles. The zero-order valence-corrected chi connectivity index (χ0v) is 14.2. The summed E-state index contributed by atoms with van der Waals surface area (Å²) in [5.41, 5.74) is 2.30. The number of benzene rings is 2. The van der Waals surface area contributed by atoms with Gasteiger partial charge >= 0.3 is 5.97 Å². The predicted molar refractivity (Wildman–Crippen MR) is 96.9 cm³/mol. The zero-order chi connectivity index (χ0) is 17.9. The first-order chi connectivity index (χ1) is 12.1. The quantitative estimate of drug-likeness (QED) is 0.653. The SMILES string of the molecule is O=C(O)CCCNC(=O)CN(Cc1ccccc1)Cc1ccccc1. The molecule has 2 N–H and O–H groups in total. The van der Waals surface area contributed by atoms with Crippen molar-refractivity contribution in [2.75, 3.05) is 13.1 Å². The van der Waals surface area contributed by atoms with E-state index in [1.165, 1.54) is 0 Å². The zero-order valence-electron chi connectivity index (χ0n) is 14.2. The largest absolute Gasteiger partial charge is 0.481 e. The number of nitrogens with zero attached hydrogens (tertiary/aromatic N) is 1. The van der Waals surface area contributed by atoms with Gasteiger partial charge in [-0.2, -0.15) is 0 Å². The van der Waals surface area contributed by atoms with Crippen LogP contribution in [-0.2, 0) is 22.7 Å². The molecule has 5 heteroatoms. The predicted octanol–water partition coefficient (Wildman–Crippen LogP) is 2.67. The lowest BCUT2D eigenvalue weighted by molar-refractivity contribution is -0.137. The normalized spacial score (nSPS) is 10.6. The lowest BCUT2D eigenvalue weighted by atomic mass is 10.1. The molecule has 0 aliphatic heterocycles. The Morgan fingerprint density at radius 3 is 1.88 bits per heavy atom. The highest BCUT2D eigenvalue weighted by Gasteiger charge is 2.12. The summed E-state index contributed by atoms with van der Waals surface area (Å²) in [6, 6.07) is 20.1. The summed E-state index contributed by atoms with van der Waals surface area (Å²) < 4.78 is 0. The van der Waals surface area contributed by atoms with Gasteiger partial charge in [0.05, 0.1) is 6.54 Å². The highest BCUT2D eigenvalue weighted by atomic mass is 16.4. The maximum absolute atomic E-state index is 12.2. The lowest BCUT2D eigenvalue weighted by Gasteiger charge is -2.22. The van der Waals surface area contributed by atoms with Gasteiger partial charge in [-0.05, 0) is 17.5 Å². The second kappa shape index (κ2) is 10.3. The fourth-order valence-corrected chi connectivity index (χ4v) is 2.58. The minimum atomic E-state index is -0.843. The van der Waals surface area contributed by atoms with Crippen LogP contribution in [0.2, 0.25) is 0 Å². The number of rotatable bonds is 10. The van der Waals surface area contributed by atoms with Crippen molar-refractivity contribution in [1.82, 2.24) is 10.2 Å². The van der Waals surface area contributed by atoms with Crippen molar-refractivity contribution in [1.29, 1.82) is 0 Å². The monoisotopic (exact) mass is 340 g/mol. The Kier molecular flexibility index (Phi) is 7.66. The molecule has 0 aromatic heterocycles. The van der Waals surface area contributed by atoms with E-state index in [1.807, 2.05) is 60.7 Å². The van der Waals surface area contributed by atoms with Gasteiger partial charge in [-0.1, -0.05) is 60.7 Å². The van der Waals surface area contributed by atoms with E-state index in [-0.39, 0.29) is 18.9 Å². The lowest BCUT2D eigenvalue weighted by Crippen LogP contribution is -2.37. The Balaban J connectivity index is 1.91. The minimum Gasteiger partial charge on any atom is -0.481 e. The first-order valence-corrected chi connectivity index (χ1v) is 8.42. The topological polar surface area (TPSA) is 69.6 Å². The molecule has 0 atom stereocenters. The van der Waals surface area contributed by atoms with Crippen LogP contribution in [0.1, 0.15) is 24.0 Å². The maximum atomic E-state index is 12.2. The van der Waals surface area contributed by atoms with Gasteiger partial charge < -0.3 is 10.4 Å². The molecular weight excluding hydrogens is 316 g/mol. The van der Waals surface area contributed by atoms with E-state index in [0.29, 0.717) is 26.1 Å². The van der Waals surface area contributed by atoms with Crippen molar-refractivity contribution < 1.29 is 14.7 Å². The maximum Gasteiger partial charge on any atom is 0.303 e. The molecule has 0 saturated carbocycles. The fraction of sp³-hybridized carbons (Fsp3) is 0.300. The third-order valence-corrected chi connectivity index (χ3v) is 3.75. The molecule has 0 spiro atoms. The van der Waals surface area contributed by atoms with Crippen molar-refractivity contribution >= 4 is 11.9 Å².